The third-order valence-corrected chi connectivity index (χ3v) is 7.25. The number of hydrogen-bond acceptors (Lipinski definition) is 6. The number of alkyl halides is 2. The van der Waals surface area contributed by atoms with Crippen LogP contribution >= 0.6 is 11.6 Å². The highest BCUT2D eigenvalue weighted by Crippen LogP contribution is 2.39. The highest BCUT2D eigenvalue weighted by atomic mass is 35.5. The summed E-state index contributed by atoms with van der Waals surface area (Å²) >= 11 is 6.45. The number of hydrogen-bond donors (Lipinski definition) is 1. The molecule has 2 atom stereocenters. The van der Waals surface area contributed by atoms with Crippen molar-refractivity contribution in [3.8, 4) is 6.07 Å². The van der Waals surface area contributed by atoms with Crippen LogP contribution in [0.25, 0.3) is 0 Å². The van der Waals surface area contributed by atoms with Gasteiger partial charge in [0.15, 0.2) is 0 Å². The molecule has 1 aliphatic carbocycles. The highest BCUT2D eigenvalue weighted by Gasteiger charge is 2.48. The van der Waals surface area contributed by atoms with E-state index in [0.717, 1.165) is 28.1 Å². The Morgan fingerprint density at radius 2 is 1.91 bits per heavy atom. The van der Waals surface area contributed by atoms with Crippen molar-refractivity contribution >= 4 is 41.0 Å². The van der Waals surface area contributed by atoms with Gasteiger partial charge < -0.3 is 10.1 Å². The van der Waals surface area contributed by atoms with Crippen molar-refractivity contribution in [2.75, 3.05) is 11.5 Å². The fourth-order valence-corrected chi connectivity index (χ4v) is 5.18. The van der Waals surface area contributed by atoms with Crippen LogP contribution in [-0.4, -0.2) is 53.3 Å². The Bertz CT molecular complexity index is 1560. The van der Waals surface area contributed by atoms with Gasteiger partial charge >= 0.3 is 6.09 Å². The largest absolute Gasteiger partial charge is 0.449 e. The molecule has 14 heteroatoms. The van der Waals surface area contributed by atoms with Crippen LogP contribution in [0.5, 0.6) is 0 Å². The lowest BCUT2D eigenvalue weighted by Crippen LogP contribution is -2.59. The summed E-state index contributed by atoms with van der Waals surface area (Å²) in [5.41, 5.74) is -0.304. The number of amidine groups is 1. The van der Waals surface area contributed by atoms with Crippen LogP contribution in [0.2, 0.25) is 5.02 Å². The second-order valence-electron chi connectivity index (χ2n) is 10.1. The van der Waals surface area contributed by atoms with E-state index >= 15 is 0 Å². The molecule has 2 aliphatic rings. The van der Waals surface area contributed by atoms with Gasteiger partial charge in [-0.1, -0.05) is 36.4 Å². The maximum absolute atomic E-state index is 14.6. The van der Waals surface area contributed by atoms with E-state index < -0.39 is 72.1 Å². The Kier molecular flexibility index (Phi) is 9.74. The molecule has 1 saturated heterocycles. The van der Waals surface area contributed by atoms with Crippen molar-refractivity contribution in [3.63, 3.8) is 0 Å². The number of aliphatic imine (C=N–C) groups is 1. The summed E-state index contributed by atoms with van der Waals surface area (Å²) in [5.74, 6) is -7.33. The number of benzene rings is 2. The third-order valence-electron chi connectivity index (χ3n) is 6.91. The van der Waals surface area contributed by atoms with Crippen LogP contribution < -0.4 is 10.2 Å². The molecule has 230 valence electrons. The van der Waals surface area contributed by atoms with Crippen molar-refractivity contribution in [2.45, 2.75) is 50.2 Å². The summed E-state index contributed by atoms with van der Waals surface area (Å²) in [6, 6.07) is 5.74. The minimum atomic E-state index is -2.99. The van der Waals surface area contributed by atoms with Crippen molar-refractivity contribution in [2.24, 2.45) is 4.99 Å². The smallest absolute Gasteiger partial charge is 0.416 e. The molecule has 0 aromatic heterocycles. The number of cyclic esters (lactones) is 1. The quantitative estimate of drug-likeness (QED) is 0.170. The lowest BCUT2D eigenvalue weighted by molar-refractivity contribution is -0.133. The highest BCUT2D eigenvalue weighted by molar-refractivity contribution is 6.31. The molecule has 44 heavy (non-hydrogen) atoms. The lowest BCUT2D eigenvalue weighted by Gasteiger charge is -2.41. The Balaban J connectivity index is 1.90. The lowest BCUT2D eigenvalue weighted by atomic mass is 9.87. The summed E-state index contributed by atoms with van der Waals surface area (Å²) in [5, 5.41) is 11.8. The molecule has 1 N–H and O–H groups in total. The van der Waals surface area contributed by atoms with E-state index in [4.69, 9.17) is 16.3 Å². The van der Waals surface area contributed by atoms with Gasteiger partial charge in [0, 0.05) is 53.7 Å². The van der Waals surface area contributed by atoms with Crippen molar-refractivity contribution in [1.82, 2.24) is 10.2 Å². The molecule has 0 radical (unpaired) electrons. The molecule has 1 aliphatic heterocycles. The molecule has 0 unspecified atom stereocenters. The first-order valence-electron chi connectivity index (χ1n) is 13.3. The number of anilines is 1. The molecule has 4 rings (SSSR count). The summed E-state index contributed by atoms with van der Waals surface area (Å²) in [4.78, 5) is 47.1. The minimum absolute atomic E-state index is 0.0114. The fraction of sp³-hybridized carbons (Fsp3) is 0.300. The third kappa shape index (κ3) is 7.08. The zero-order valence-corrected chi connectivity index (χ0v) is 24.0. The van der Waals surface area contributed by atoms with Gasteiger partial charge in [0.05, 0.1) is 18.4 Å². The summed E-state index contributed by atoms with van der Waals surface area (Å²) in [7, 11) is 0. The molecule has 2 aromatic carbocycles. The second kappa shape index (κ2) is 13.3. The Labute approximate surface area is 255 Å². The number of nitrogens with zero attached hydrogens (tertiary/aromatic N) is 4. The molecular formula is C30H26ClF4N5O4. The Morgan fingerprint density at radius 3 is 2.50 bits per heavy atom. The van der Waals surface area contributed by atoms with E-state index in [1.54, 1.807) is 6.07 Å². The number of carbonyl (C=O) groups is 3. The predicted octanol–water partition coefficient (Wildman–Crippen LogP) is 5.83. The molecule has 1 saturated carbocycles. The van der Waals surface area contributed by atoms with Crippen molar-refractivity contribution < 1.29 is 36.7 Å². The Hall–Kier alpha value is -4.70. The molecule has 2 fully saturated rings. The standard InChI is InChI=1S/C30H26ClF4N5O4/c1-3-37-25(10-17(2)16-36)40-24(8-9-44-29(40)43)28(42)39(21-12-18(32)11-19(33)13-21)26(22-6-4-5-7-23(22)31)27(41)38-20-14-30(34,35)15-20/h3-7,10-13,20,24,26H,1,8-9,14-15H2,2H3,(H,38,41)/b17-10+,37-25+/t24-,26-/m0/s1. The number of nitriles is 1. The van der Waals surface area contributed by atoms with Crippen LogP contribution in [0.1, 0.15) is 37.8 Å². The molecule has 1 heterocycles. The second-order valence-corrected chi connectivity index (χ2v) is 10.5. The van der Waals surface area contributed by atoms with Crippen molar-refractivity contribution in [1.29, 1.82) is 5.26 Å². The first-order chi connectivity index (χ1) is 20.8. The van der Waals surface area contributed by atoms with E-state index in [-0.39, 0.29) is 35.0 Å². The van der Waals surface area contributed by atoms with Gasteiger partial charge in [-0.3, -0.25) is 14.5 Å². The van der Waals surface area contributed by atoms with E-state index in [1.165, 1.54) is 31.2 Å². The van der Waals surface area contributed by atoms with Crippen LogP contribution in [0.4, 0.5) is 28.0 Å². The van der Waals surface area contributed by atoms with Crippen molar-refractivity contribution in [3.05, 3.63) is 89.1 Å². The van der Waals surface area contributed by atoms with Crippen LogP contribution in [0, 0.1) is 23.0 Å². The van der Waals surface area contributed by atoms with E-state index in [1.807, 2.05) is 6.07 Å². The fourth-order valence-electron chi connectivity index (χ4n) is 4.94. The Morgan fingerprint density at radius 1 is 1.25 bits per heavy atom. The zero-order valence-electron chi connectivity index (χ0n) is 23.3. The van der Waals surface area contributed by atoms with Gasteiger partial charge in [-0.2, -0.15) is 5.26 Å². The summed E-state index contributed by atoms with van der Waals surface area (Å²) in [6.07, 6.45) is -0.225. The van der Waals surface area contributed by atoms with Crippen LogP contribution in [0.15, 0.2) is 71.9 Å². The van der Waals surface area contributed by atoms with Gasteiger partial charge in [-0.05, 0) is 31.2 Å². The number of carbonyl (C=O) groups excluding carboxylic acids is 3. The predicted molar refractivity (Wildman–Crippen MR) is 153 cm³/mol. The van der Waals surface area contributed by atoms with Crippen LogP contribution in [0.3, 0.4) is 0 Å². The van der Waals surface area contributed by atoms with E-state index in [9.17, 15) is 37.2 Å². The molecule has 0 spiro atoms. The number of nitrogens with one attached hydrogen (secondary N) is 1. The average molecular weight is 632 g/mol. The van der Waals surface area contributed by atoms with Gasteiger partial charge in [0.2, 0.25) is 5.91 Å². The number of rotatable bonds is 8. The number of halogens is 5. The number of allylic oxidation sites excluding steroid dienone is 1. The SMILES string of the molecule is C=C/N=C(\C=C(/C)C#N)N1C(=O)OCC[C@H]1C(=O)N(c1cc(F)cc(F)c1)[C@H](C(=O)NC1CC(F)(F)C1)c1ccccc1Cl. The van der Waals surface area contributed by atoms with E-state index in [0.29, 0.717) is 6.07 Å². The number of ether oxygens (including phenoxy) is 1. The molecule has 9 nitrogen and oxygen atoms in total. The first-order valence-corrected chi connectivity index (χ1v) is 13.7. The van der Waals surface area contributed by atoms with Gasteiger partial charge in [-0.25, -0.2) is 32.2 Å². The summed E-state index contributed by atoms with van der Waals surface area (Å²) in [6.45, 7) is 4.67. The summed E-state index contributed by atoms with van der Waals surface area (Å²) < 4.78 is 61.6. The topological polar surface area (TPSA) is 115 Å². The van der Waals surface area contributed by atoms with Crippen LogP contribution in [-0.2, 0) is 14.3 Å². The zero-order chi connectivity index (χ0) is 32.2. The number of amides is 3. The van der Waals surface area contributed by atoms with Gasteiger partial charge in [-0.15, -0.1) is 0 Å². The molecule has 3 amide bonds. The normalized spacial score (nSPS) is 19.2. The van der Waals surface area contributed by atoms with E-state index in [2.05, 4.69) is 16.9 Å². The molecule has 2 aromatic rings. The molecular weight excluding hydrogens is 606 g/mol. The first kappa shape index (κ1) is 32.2. The molecule has 0 bridgehead atoms. The minimum Gasteiger partial charge on any atom is -0.449 e. The maximum atomic E-state index is 14.6. The monoisotopic (exact) mass is 631 g/mol. The van der Waals surface area contributed by atoms with Gasteiger partial charge in [0.25, 0.3) is 11.8 Å². The van der Waals surface area contributed by atoms with Gasteiger partial charge in [0.1, 0.15) is 29.6 Å². The maximum Gasteiger partial charge on any atom is 0.416 e. The average Bonchev–Trinajstić information content (AvgIpc) is 2.94.